The van der Waals surface area contributed by atoms with Crippen LogP contribution >= 0.6 is 11.6 Å². The lowest BCUT2D eigenvalue weighted by atomic mass is 9.72. The number of nitrogens with zero attached hydrogens (tertiary/aromatic N) is 1. The average molecular weight is 518 g/mol. The number of sulfonamides is 1. The van der Waals surface area contributed by atoms with Gasteiger partial charge in [0.1, 0.15) is 0 Å². The van der Waals surface area contributed by atoms with Gasteiger partial charge in [0.05, 0.1) is 16.0 Å². The van der Waals surface area contributed by atoms with Crippen molar-refractivity contribution in [2.24, 2.45) is 10.8 Å². The van der Waals surface area contributed by atoms with Gasteiger partial charge in [-0.1, -0.05) is 72.5 Å². The summed E-state index contributed by atoms with van der Waals surface area (Å²) in [6, 6.07) is 22.0. The smallest absolute Gasteiger partial charge is 0.270 e. The maximum Gasteiger partial charge on any atom is 0.270 e. The van der Waals surface area contributed by atoms with Crippen molar-refractivity contribution >= 4 is 44.4 Å². The van der Waals surface area contributed by atoms with Crippen LogP contribution in [0.2, 0.25) is 5.02 Å². The largest absolute Gasteiger partial charge is 0.272 e. The molecule has 6 rings (SSSR count). The summed E-state index contributed by atoms with van der Waals surface area (Å²) in [7, 11) is -4.14. The molecular weight excluding hydrogens is 490 g/mol. The summed E-state index contributed by atoms with van der Waals surface area (Å²) in [6.07, 6.45) is 4.87. The molecule has 1 spiro atoms. The third-order valence-electron chi connectivity index (χ3n) is 8.33. The maximum absolute atomic E-state index is 14.4. The first-order valence-corrected chi connectivity index (χ1v) is 14.3. The zero-order valence-electron chi connectivity index (χ0n) is 20.4. The Morgan fingerprint density at radius 1 is 0.861 bits per heavy atom. The number of carbonyl (C=O) groups excluding carboxylic acids is 1. The number of fused-ring (bicyclic) bond motifs is 3. The molecule has 2 aliphatic carbocycles. The van der Waals surface area contributed by atoms with Gasteiger partial charge in [0.2, 0.25) is 0 Å². The highest BCUT2D eigenvalue weighted by Gasteiger charge is 2.61. The number of hydrogen-bond donors (Lipinski definition) is 0. The fraction of sp³-hybridized carbons (Fsp3) is 0.300. The number of para-hydroxylation sites is 1. The van der Waals surface area contributed by atoms with Crippen molar-refractivity contribution < 1.29 is 13.2 Å². The Morgan fingerprint density at radius 2 is 1.50 bits per heavy atom. The number of benzene rings is 3. The number of rotatable bonds is 3. The van der Waals surface area contributed by atoms with Gasteiger partial charge in [-0.05, 0) is 85.6 Å². The first kappa shape index (κ1) is 23.5. The summed E-state index contributed by atoms with van der Waals surface area (Å²) in [4.78, 5) is 14.5. The van der Waals surface area contributed by atoms with Crippen LogP contribution in [0.1, 0.15) is 55.7 Å². The van der Waals surface area contributed by atoms with E-state index in [1.54, 1.807) is 24.3 Å². The van der Waals surface area contributed by atoms with Crippen LogP contribution in [0.25, 0.3) is 11.1 Å². The van der Waals surface area contributed by atoms with Crippen LogP contribution < -0.4 is 4.31 Å². The van der Waals surface area contributed by atoms with Gasteiger partial charge in [-0.25, -0.2) is 12.7 Å². The van der Waals surface area contributed by atoms with Crippen molar-refractivity contribution in [1.29, 1.82) is 0 Å². The summed E-state index contributed by atoms with van der Waals surface area (Å²) in [5.74, 6) is -0.375. The Labute approximate surface area is 217 Å². The zero-order valence-corrected chi connectivity index (χ0v) is 22.0. The van der Waals surface area contributed by atoms with E-state index in [-0.39, 0.29) is 16.2 Å². The van der Waals surface area contributed by atoms with Crippen LogP contribution in [0.4, 0.5) is 5.69 Å². The van der Waals surface area contributed by atoms with Gasteiger partial charge in [0, 0.05) is 10.6 Å². The van der Waals surface area contributed by atoms with Crippen molar-refractivity contribution in [3.05, 3.63) is 94.5 Å². The second-order valence-electron chi connectivity index (χ2n) is 10.7. The van der Waals surface area contributed by atoms with Gasteiger partial charge in [-0.15, -0.1) is 0 Å². The molecule has 1 heterocycles. The van der Waals surface area contributed by atoms with E-state index in [1.165, 1.54) is 23.3 Å². The minimum absolute atomic E-state index is 0.0541. The van der Waals surface area contributed by atoms with Crippen LogP contribution in [0.3, 0.4) is 0 Å². The molecule has 3 aromatic rings. The Bertz CT molecular complexity index is 1520. The molecule has 184 valence electrons. The van der Waals surface area contributed by atoms with Crippen molar-refractivity contribution in [2.45, 2.75) is 50.8 Å². The third-order valence-corrected chi connectivity index (χ3v) is 10.3. The molecule has 1 unspecified atom stereocenters. The van der Waals surface area contributed by atoms with Crippen molar-refractivity contribution in [3.8, 4) is 0 Å². The molecule has 0 N–H and O–H groups in total. The lowest BCUT2D eigenvalue weighted by Crippen LogP contribution is -2.49. The second-order valence-corrected chi connectivity index (χ2v) is 12.9. The molecule has 4 nitrogen and oxygen atoms in total. The summed E-state index contributed by atoms with van der Waals surface area (Å²) in [6.45, 7) is 4.02. The third kappa shape index (κ3) is 3.25. The van der Waals surface area contributed by atoms with Crippen molar-refractivity contribution in [1.82, 2.24) is 0 Å². The summed E-state index contributed by atoms with van der Waals surface area (Å²) in [5.41, 5.74) is 4.72. The zero-order chi connectivity index (χ0) is 25.3. The second kappa shape index (κ2) is 8.06. The first-order valence-electron chi connectivity index (χ1n) is 12.4. The van der Waals surface area contributed by atoms with Crippen molar-refractivity contribution in [2.75, 3.05) is 4.31 Å². The lowest BCUT2D eigenvalue weighted by Gasteiger charge is -2.40. The number of amides is 1. The SMILES string of the molecule is Cc1ccc(C2=C3c4ccccc4N(S(=O)(=O)c4ccc(Cl)cc4)C(=O)C3(C)CC23CCCC3)cc1. The van der Waals surface area contributed by atoms with E-state index in [2.05, 4.69) is 31.2 Å². The number of allylic oxidation sites excluding steroid dienone is 1. The molecule has 6 heteroatoms. The van der Waals surface area contributed by atoms with Gasteiger partial charge in [-0.2, -0.15) is 0 Å². The van der Waals surface area contributed by atoms with Crippen LogP contribution in [-0.4, -0.2) is 14.3 Å². The van der Waals surface area contributed by atoms with E-state index in [0.717, 1.165) is 46.7 Å². The Hall–Kier alpha value is -2.89. The Kier molecular flexibility index (Phi) is 5.26. The minimum atomic E-state index is -4.14. The normalized spacial score (nSPS) is 22.8. The van der Waals surface area contributed by atoms with Gasteiger partial charge in [0.25, 0.3) is 15.9 Å². The summed E-state index contributed by atoms with van der Waals surface area (Å²) >= 11 is 6.02. The van der Waals surface area contributed by atoms with E-state index in [9.17, 15) is 13.2 Å². The highest BCUT2D eigenvalue weighted by molar-refractivity contribution is 7.93. The molecule has 0 bridgehead atoms. The highest BCUT2D eigenvalue weighted by atomic mass is 35.5. The summed E-state index contributed by atoms with van der Waals surface area (Å²) < 4.78 is 29.0. The number of halogens is 1. The molecule has 1 atom stereocenters. The van der Waals surface area contributed by atoms with E-state index >= 15 is 0 Å². The molecule has 0 aromatic heterocycles. The highest BCUT2D eigenvalue weighted by Crippen LogP contribution is 2.68. The summed E-state index contributed by atoms with van der Waals surface area (Å²) in [5, 5.41) is 0.443. The predicted octanol–water partition coefficient (Wildman–Crippen LogP) is 7.27. The quantitative estimate of drug-likeness (QED) is 0.367. The standard InChI is InChI=1S/C30H28ClNO3S/c1-20-9-11-21(12-10-20)26-27-24-7-3-4-8-25(24)32(36(34,35)23-15-13-22(31)14-16-23)28(33)29(27,2)19-30(26)17-5-6-18-30/h3-4,7-16H,5-6,17-19H2,1-2H3. The van der Waals surface area contributed by atoms with Crippen molar-refractivity contribution in [3.63, 3.8) is 0 Å². The van der Waals surface area contributed by atoms with Gasteiger partial charge >= 0.3 is 0 Å². The molecule has 36 heavy (non-hydrogen) atoms. The Balaban J connectivity index is 1.64. The minimum Gasteiger partial charge on any atom is -0.272 e. The molecule has 0 radical (unpaired) electrons. The van der Waals surface area contributed by atoms with Gasteiger partial charge in [-0.3, -0.25) is 4.79 Å². The number of carbonyl (C=O) groups is 1. The van der Waals surface area contributed by atoms with Gasteiger partial charge < -0.3 is 0 Å². The fourth-order valence-corrected chi connectivity index (χ4v) is 8.46. The maximum atomic E-state index is 14.4. The molecule has 1 saturated carbocycles. The van der Waals surface area contributed by atoms with E-state index in [4.69, 9.17) is 11.6 Å². The average Bonchev–Trinajstić information content (AvgIpc) is 3.42. The monoisotopic (exact) mass is 517 g/mol. The van der Waals surface area contributed by atoms with Gasteiger partial charge in [0.15, 0.2) is 0 Å². The lowest BCUT2D eigenvalue weighted by molar-refractivity contribution is -0.124. The Morgan fingerprint density at radius 3 is 2.17 bits per heavy atom. The fourth-order valence-electron chi connectivity index (χ4n) is 6.80. The molecule has 0 saturated heterocycles. The number of anilines is 1. The first-order chi connectivity index (χ1) is 17.2. The topological polar surface area (TPSA) is 54.5 Å². The van der Waals surface area contributed by atoms with Crippen LogP contribution in [0, 0.1) is 17.8 Å². The number of hydrogen-bond acceptors (Lipinski definition) is 3. The van der Waals surface area contributed by atoms with E-state index < -0.39 is 15.4 Å². The van der Waals surface area contributed by atoms with E-state index in [1.807, 2.05) is 19.1 Å². The predicted molar refractivity (Wildman–Crippen MR) is 144 cm³/mol. The molecular formula is C30H28ClNO3S. The molecule has 1 aliphatic heterocycles. The number of aryl methyl sites for hydroxylation is 1. The van der Waals surface area contributed by atoms with Crippen LogP contribution in [0.15, 0.2) is 77.7 Å². The van der Waals surface area contributed by atoms with Crippen LogP contribution in [-0.2, 0) is 14.8 Å². The molecule has 3 aromatic carbocycles. The molecule has 3 aliphatic rings. The van der Waals surface area contributed by atoms with E-state index in [0.29, 0.717) is 17.1 Å². The van der Waals surface area contributed by atoms with Crippen LogP contribution in [0.5, 0.6) is 0 Å². The molecule has 1 amide bonds. The molecule has 1 fully saturated rings.